The Hall–Kier alpha value is -2.24. The summed E-state index contributed by atoms with van der Waals surface area (Å²) >= 11 is 0. The maximum Gasteiger partial charge on any atom is 0.337 e. The third kappa shape index (κ3) is 4.66. The summed E-state index contributed by atoms with van der Waals surface area (Å²) in [6.07, 6.45) is 1.08. The molecule has 0 unspecified atom stereocenters. The van der Waals surface area contributed by atoms with Crippen molar-refractivity contribution in [3.63, 3.8) is 0 Å². The Labute approximate surface area is 124 Å². The second kappa shape index (κ2) is 7.52. The van der Waals surface area contributed by atoms with Crippen LogP contribution in [0.2, 0.25) is 0 Å². The first-order valence-electron chi connectivity index (χ1n) is 6.68. The van der Waals surface area contributed by atoms with Crippen molar-refractivity contribution in [2.45, 2.75) is 26.7 Å². The van der Waals surface area contributed by atoms with Gasteiger partial charge in [0.05, 0.1) is 25.5 Å². The average Bonchev–Trinajstić information content (AvgIpc) is 2.44. The second-order valence-corrected chi connectivity index (χ2v) is 5.04. The number of carboxylic acid groups (broad SMARTS) is 1. The molecule has 2 N–H and O–H groups in total. The number of carboxylic acids is 1. The van der Waals surface area contributed by atoms with Crippen LogP contribution in [0.15, 0.2) is 12.1 Å². The van der Waals surface area contributed by atoms with E-state index in [0.717, 1.165) is 6.42 Å². The van der Waals surface area contributed by atoms with Crippen LogP contribution in [0.5, 0.6) is 11.5 Å². The zero-order chi connectivity index (χ0) is 16.0. The fourth-order valence-electron chi connectivity index (χ4n) is 1.79. The maximum atomic E-state index is 11.9. The van der Waals surface area contributed by atoms with E-state index in [9.17, 15) is 14.7 Å². The molecular formula is C15H21NO5. The van der Waals surface area contributed by atoms with E-state index < -0.39 is 5.97 Å². The predicted molar refractivity (Wildman–Crippen MR) is 79.2 cm³/mol. The lowest BCUT2D eigenvalue weighted by molar-refractivity contribution is -0.116. The number of benzene rings is 1. The van der Waals surface area contributed by atoms with Crippen LogP contribution in [-0.4, -0.2) is 31.2 Å². The molecule has 0 radical (unpaired) electrons. The Morgan fingerprint density at radius 2 is 1.76 bits per heavy atom. The van der Waals surface area contributed by atoms with Crippen molar-refractivity contribution in [3.05, 3.63) is 17.7 Å². The van der Waals surface area contributed by atoms with Crippen LogP contribution in [0.1, 0.15) is 37.0 Å². The Morgan fingerprint density at radius 3 is 2.24 bits per heavy atom. The summed E-state index contributed by atoms with van der Waals surface area (Å²) in [6, 6.07) is 2.79. The molecule has 0 aliphatic carbocycles. The molecule has 0 heterocycles. The Kier molecular flexibility index (Phi) is 6.02. The molecule has 1 rings (SSSR count). The number of hydrogen-bond donors (Lipinski definition) is 2. The highest BCUT2D eigenvalue weighted by Crippen LogP contribution is 2.33. The number of aromatic carboxylic acids is 1. The summed E-state index contributed by atoms with van der Waals surface area (Å²) < 4.78 is 10.2. The van der Waals surface area contributed by atoms with Crippen molar-refractivity contribution in [1.29, 1.82) is 0 Å². The summed E-state index contributed by atoms with van der Waals surface area (Å²) in [5.41, 5.74) is 0.166. The van der Waals surface area contributed by atoms with E-state index in [1.807, 2.05) is 13.8 Å². The van der Waals surface area contributed by atoms with Gasteiger partial charge in [-0.1, -0.05) is 13.8 Å². The standard InChI is InChI=1S/C15H21NO5/c1-9(2)5-6-14(17)16-11-8-13(21-4)12(20-3)7-10(11)15(18)19/h7-9H,5-6H2,1-4H3,(H,16,17)(H,18,19). The number of carbonyl (C=O) groups is 2. The monoisotopic (exact) mass is 295 g/mol. The zero-order valence-electron chi connectivity index (χ0n) is 12.7. The Morgan fingerprint density at radius 1 is 1.19 bits per heavy atom. The molecule has 1 aromatic rings. The van der Waals surface area contributed by atoms with Crippen LogP contribution in [0.3, 0.4) is 0 Å². The van der Waals surface area contributed by atoms with Crippen LogP contribution >= 0.6 is 0 Å². The number of nitrogens with one attached hydrogen (secondary N) is 1. The van der Waals surface area contributed by atoms with Gasteiger partial charge in [0.15, 0.2) is 11.5 Å². The molecule has 0 fully saturated rings. The highest BCUT2D eigenvalue weighted by atomic mass is 16.5. The van der Waals surface area contributed by atoms with Gasteiger partial charge < -0.3 is 19.9 Å². The minimum absolute atomic E-state index is 0.0365. The summed E-state index contributed by atoms with van der Waals surface area (Å²) in [5, 5.41) is 11.9. The SMILES string of the molecule is COc1cc(NC(=O)CCC(C)C)c(C(=O)O)cc1OC. The quantitative estimate of drug-likeness (QED) is 0.808. The number of hydrogen-bond acceptors (Lipinski definition) is 4. The highest BCUT2D eigenvalue weighted by molar-refractivity contribution is 6.01. The second-order valence-electron chi connectivity index (χ2n) is 5.04. The van der Waals surface area contributed by atoms with E-state index in [0.29, 0.717) is 23.8 Å². The average molecular weight is 295 g/mol. The number of anilines is 1. The zero-order valence-corrected chi connectivity index (χ0v) is 12.7. The summed E-state index contributed by atoms with van der Waals surface area (Å²) in [5.74, 6) is -0.301. The van der Waals surface area contributed by atoms with Crippen molar-refractivity contribution in [3.8, 4) is 11.5 Å². The molecule has 0 atom stereocenters. The van der Waals surface area contributed by atoms with E-state index in [1.54, 1.807) is 0 Å². The highest BCUT2D eigenvalue weighted by Gasteiger charge is 2.17. The van der Waals surface area contributed by atoms with Gasteiger partial charge >= 0.3 is 5.97 Å². The lowest BCUT2D eigenvalue weighted by Crippen LogP contribution is -2.15. The Balaban J connectivity index is 3.04. The molecule has 0 aromatic heterocycles. The molecule has 0 bridgehead atoms. The van der Waals surface area contributed by atoms with Crippen molar-refractivity contribution in [2.75, 3.05) is 19.5 Å². The molecule has 116 valence electrons. The fraction of sp³-hybridized carbons (Fsp3) is 0.467. The van der Waals surface area contributed by atoms with E-state index in [-0.39, 0.29) is 17.2 Å². The molecule has 0 aliphatic rings. The van der Waals surface area contributed by atoms with Gasteiger partial charge in [-0.3, -0.25) is 4.79 Å². The molecular weight excluding hydrogens is 274 g/mol. The van der Waals surface area contributed by atoms with Crippen LogP contribution in [0.25, 0.3) is 0 Å². The lowest BCUT2D eigenvalue weighted by Gasteiger charge is -2.14. The Bertz CT molecular complexity index is 525. The summed E-state index contributed by atoms with van der Waals surface area (Å²) in [7, 11) is 2.87. The first kappa shape index (κ1) is 16.8. The van der Waals surface area contributed by atoms with Gasteiger partial charge in [-0.25, -0.2) is 4.79 Å². The number of rotatable bonds is 7. The normalized spacial score (nSPS) is 10.3. The van der Waals surface area contributed by atoms with E-state index in [1.165, 1.54) is 26.4 Å². The van der Waals surface area contributed by atoms with Crippen LogP contribution in [0, 0.1) is 5.92 Å². The third-order valence-corrected chi connectivity index (χ3v) is 2.98. The molecule has 0 aliphatic heterocycles. The molecule has 1 amide bonds. The van der Waals surface area contributed by atoms with E-state index in [2.05, 4.69) is 5.32 Å². The van der Waals surface area contributed by atoms with Crippen molar-refractivity contribution in [2.24, 2.45) is 5.92 Å². The number of amides is 1. The first-order chi connectivity index (χ1) is 9.88. The van der Waals surface area contributed by atoms with Crippen molar-refractivity contribution >= 4 is 17.6 Å². The van der Waals surface area contributed by atoms with Gasteiger partial charge in [0.25, 0.3) is 0 Å². The molecule has 6 heteroatoms. The van der Waals surface area contributed by atoms with Gasteiger partial charge in [0, 0.05) is 18.6 Å². The van der Waals surface area contributed by atoms with Gasteiger partial charge in [-0.2, -0.15) is 0 Å². The smallest absolute Gasteiger partial charge is 0.337 e. The van der Waals surface area contributed by atoms with Crippen LogP contribution < -0.4 is 14.8 Å². The van der Waals surface area contributed by atoms with Gasteiger partial charge in [0.2, 0.25) is 5.91 Å². The molecule has 0 saturated heterocycles. The third-order valence-electron chi connectivity index (χ3n) is 2.98. The maximum absolute atomic E-state index is 11.9. The van der Waals surface area contributed by atoms with Gasteiger partial charge in [-0.15, -0.1) is 0 Å². The van der Waals surface area contributed by atoms with Gasteiger partial charge in [0.1, 0.15) is 0 Å². The molecule has 0 spiro atoms. The minimum atomic E-state index is -1.14. The predicted octanol–water partition coefficient (Wildman–Crippen LogP) is 2.78. The molecule has 21 heavy (non-hydrogen) atoms. The van der Waals surface area contributed by atoms with Gasteiger partial charge in [-0.05, 0) is 12.3 Å². The van der Waals surface area contributed by atoms with E-state index >= 15 is 0 Å². The molecule has 6 nitrogen and oxygen atoms in total. The topological polar surface area (TPSA) is 84.9 Å². The minimum Gasteiger partial charge on any atom is -0.493 e. The van der Waals surface area contributed by atoms with Crippen LogP contribution in [0.4, 0.5) is 5.69 Å². The summed E-state index contributed by atoms with van der Waals surface area (Å²) in [6.45, 7) is 4.04. The fourth-order valence-corrected chi connectivity index (χ4v) is 1.79. The molecule has 0 saturated carbocycles. The molecule has 1 aromatic carbocycles. The first-order valence-corrected chi connectivity index (χ1v) is 6.68. The summed E-state index contributed by atoms with van der Waals surface area (Å²) in [4.78, 5) is 23.2. The van der Waals surface area contributed by atoms with E-state index in [4.69, 9.17) is 9.47 Å². The number of carbonyl (C=O) groups excluding carboxylic acids is 1. The van der Waals surface area contributed by atoms with Crippen molar-refractivity contribution in [1.82, 2.24) is 0 Å². The van der Waals surface area contributed by atoms with Crippen LogP contribution in [-0.2, 0) is 4.79 Å². The number of ether oxygens (including phenoxy) is 2. The number of methoxy groups -OCH3 is 2. The van der Waals surface area contributed by atoms with Crippen molar-refractivity contribution < 1.29 is 24.2 Å². The largest absolute Gasteiger partial charge is 0.493 e. The lowest BCUT2D eigenvalue weighted by atomic mass is 10.1.